The van der Waals surface area contributed by atoms with Crippen LogP contribution in [0.25, 0.3) is 0 Å². The summed E-state index contributed by atoms with van der Waals surface area (Å²) in [6.07, 6.45) is -0.254. The van der Waals surface area contributed by atoms with Gasteiger partial charge in [-0.25, -0.2) is 9.59 Å². The summed E-state index contributed by atoms with van der Waals surface area (Å²) in [6.45, 7) is 9.88. The average molecular weight is 305 g/mol. The average Bonchev–Trinajstić information content (AvgIpc) is 2.24. The van der Waals surface area contributed by atoms with Crippen LogP contribution in [0.2, 0.25) is 0 Å². The Morgan fingerprint density at radius 3 is 1.90 bits per heavy atom. The molecule has 0 aromatic heterocycles. The fraction of sp³-hybridized carbons (Fsp3) is 0.867. The summed E-state index contributed by atoms with van der Waals surface area (Å²) in [4.78, 5) is 25.4. The van der Waals surface area contributed by atoms with E-state index in [0.29, 0.717) is 0 Å². The first kappa shape index (κ1) is 19.7. The van der Waals surface area contributed by atoms with Crippen LogP contribution in [0.5, 0.6) is 0 Å². The molecule has 0 unspecified atom stereocenters. The Hall–Kier alpha value is -1.33. The SMILES string of the molecule is CN(C(=O)OC(C)(C)C)[C@@H](CCCF)C(=O)OC(C)(C)C. The standard InChI is InChI=1S/C15H28FNO4/c1-14(2,3)20-12(18)11(9-8-10-16)17(7)13(19)21-15(4,5)6/h11H,8-10H2,1-7H3/t11-/m0/s1. The van der Waals surface area contributed by atoms with Gasteiger partial charge in [0.15, 0.2) is 0 Å². The molecule has 21 heavy (non-hydrogen) atoms. The summed E-state index contributed by atoms with van der Waals surface area (Å²) in [7, 11) is 1.46. The van der Waals surface area contributed by atoms with Crippen LogP contribution in [-0.2, 0) is 14.3 Å². The number of hydrogen-bond donors (Lipinski definition) is 0. The quantitative estimate of drug-likeness (QED) is 0.731. The van der Waals surface area contributed by atoms with Gasteiger partial charge < -0.3 is 9.47 Å². The molecular weight excluding hydrogens is 277 g/mol. The fourth-order valence-corrected chi connectivity index (χ4v) is 1.57. The van der Waals surface area contributed by atoms with Gasteiger partial charge in [-0.1, -0.05) is 0 Å². The molecule has 0 radical (unpaired) electrons. The van der Waals surface area contributed by atoms with E-state index in [1.807, 2.05) is 0 Å². The van der Waals surface area contributed by atoms with Crippen molar-refractivity contribution in [1.29, 1.82) is 0 Å². The number of esters is 1. The highest BCUT2D eigenvalue weighted by atomic mass is 19.1. The van der Waals surface area contributed by atoms with Gasteiger partial charge in [-0.05, 0) is 54.4 Å². The Morgan fingerprint density at radius 2 is 1.52 bits per heavy atom. The zero-order valence-corrected chi connectivity index (χ0v) is 14.2. The molecule has 0 aliphatic rings. The largest absolute Gasteiger partial charge is 0.458 e. The number of rotatable bonds is 5. The molecule has 0 aromatic rings. The van der Waals surface area contributed by atoms with Crippen molar-refractivity contribution in [1.82, 2.24) is 4.90 Å². The van der Waals surface area contributed by atoms with Crippen LogP contribution in [-0.4, -0.2) is 47.9 Å². The van der Waals surface area contributed by atoms with E-state index in [-0.39, 0.29) is 12.8 Å². The summed E-state index contributed by atoms with van der Waals surface area (Å²) >= 11 is 0. The Morgan fingerprint density at radius 1 is 1.05 bits per heavy atom. The third-order valence-electron chi connectivity index (χ3n) is 2.44. The van der Waals surface area contributed by atoms with Crippen LogP contribution >= 0.6 is 0 Å². The molecule has 0 aliphatic heterocycles. The molecule has 0 N–H and O–H groups in total. The highest BCUT2D eigenvalue weighted by molar-refractivity contribution is 5.81. The van der Waals surface area contributed by atoms with Crippen molar-refractivity contribution < 1.29 is 23.5 Å². The van der Waals surface area contributed by atoms with Gasteiger partial charge in [0.25, 0.3) is 0 Å². The number of alkyl halides is 1. The molecule has 0 fully saturated rings. The first-order chi connectivity index (χ1) is 9.37. The van der Waals surface area contributed by atoms with E-state index in [9.17, 15) is 14.0 Å². The second kappa shape index (κ2) is 7.61. The van der Waals surface area contributed by atoms with Crippen molar-refractivity contribution in [2.75, 3.05) is 13.7 Å². The number of ether oxygens (including phenoxy) is 2. The maximum Gasteiger partial charge on any atom is 0.410 e. The summed E-state index contributed by atoms with van der Waals surface area (Å²) < 4.78 is 22.9. The van der Waals surface area contributed by atoms with E-state index in [1.165, 1.54) is 11.9 Å². The minimum Gasteiger partial charge on any atom is -0.458 e. The Balaban J connectivity index is 4.96. The number of hydrogen-bond acceptors (Lipinski definition) is 4. The van der Waals surface area contributed by atoms with Crippen LogP contribution < -0.4 is 0 Å². The zero-order valence-electron chi connectivity index (χ0n) is 14.2. The third kappa shape index (κ3) is 8.52. The molecule has 6 heteroatoms. The highest BCUT2D eigenvalue weighted by Gasteiger charge is 2.33. The summed E-state index contributed by atoms with van der Waals surface area (Å²) in [6, 6.07) is -0.852. The van der Waals surface area contributed by atoms with Crippen LogP contribution in [0.1, 0.15) is 54.4 Å². The van der Waals surface area contributed by atoms with Crippen molar-refractivity contribution >= 4 is 12.1 Å². The van der Waals surface area contributed by atoms with Crippen LogP contribution in [0, 0.1) is 0 Å². The second-order valence-corrected chi connectivity index (χ2v) is 6.97. The highest BCUT2D eigenvalue weighted by Crippen LogP contribution is 2.17. The summed E-state index contributed by atoms with van der Waals surface area (Å²) in [5.74, 6) is -0.552. The van der Waals surface area contributed by atoms with Crippen LogP contribution in [0.3, 0.4) is 0 Å². The minimum absolute atomic E-state index is 0.178. The monoisotopic (exact) mass is 305 g/mol. The van der Waals surface area contributed by atoms with E-state index in [0.717, 1.165) is 0 Å². The van der Waals surface area contributed by atoms with Crippen molar-refractivity contribution in [3.05, 3.63) is 0 Å². The topological polar surface area (TPSA) is 55.8 Å². The van der Waals surface area contributed by atoms with Gasteiger partial charge in [0.2, 0.25) is 0 Å². The molecule has 1 amide bonds. The Labute approximate surface area is 126 Å². The smallest absolute Gasteiger partial charge is 0.410 e. The van der Waals surface area contributed by atoms with E-state index in [2.05, 4.69) is 0 Å². The maximum atomic E-state index is 12.4. The number of nitrogens with zero attached hydrogens (tertiary/aromatic N) is 1. The van der Waals surface area contributed by atoms with Gasteiger partial charge in [-0.3, -0.25) is 9.29 Å². The van der Waals surface area contributed by atoms with Crippen molar-refractivity contribution in [2.45, 2.75) is 71.6 Å². The van der Waals surface area contributed by atoms with Gasteiger partial charge >= 0.3 is 12.1 Å². The van der Waals surface area contributed by atoms with E-state index < -0.39 is 36.0 Å². The maximum absolute atomic E-state index is 12.4. The predicted molar refractivity (Wildman–Crippen MR) is 78.8 cm³/mol. The number of halogens is 1. The van der Waals surface area contributed by atoms with Crippen LogP contribution in [0.15, 0.2) is 0 Å². The second-order valence-electron chi connectivity index (χ2n) is 6.97. The van der Waals surface area contributed by atoms with Crippen LogP contribution in [0.4, 0.5) is 9.18 Å². The van der Waals surface area contributed by atoms with E-state index in [4.69, 9.17) is 9.47 Å². The molecule has 0 aromatic carbocycles. The summed E-state index contributed by atoms with van der Waals surface area (Å²) in [5.41, 5.74) is -1.33. The molecule has 0 aliphatic carbocycles. The predicted octanol–water partition coefficient (Wildman–Crippen LogP) is 3.31. The molecule has 0 saturated heterocycles. The minimum atomic E-state index is -0.852. The molecule has 0 heterocycles. The van der Waals surface area contributed by atoms with Crippen molar-refractivity contribution in [3.8, 4) is 0 Å². The lowest BCUT2D eigenvalue weighted by Crippen LogP contribution is -2.47. The van der Waals surface area contributed by atoms with Gasteiger partial charge in [0, 0.05) is 7.05 Å². The molecule has 124 valence electrons. The van der Waals surface area contributed by atoms with Gasteiger partial charge in [0.05, 0.1) is 6.67 Å². The van der Waals surface area contributed by atoms with E-state index in [1.54, 1.807) is 41.5 Å². The lowest BCUT2D eigenvalue weighted by Gasteiger charge is -2.31. The Bertz CT molecular complexity index is 358. The molecule has 0 bridgehead atoms. The van der Waals surface area contributed by atoms with Gasteiger partial charge in [-0.2, -0.15) is 0 Å². The molecule has 5 nitrogen and oxygen atoms in total. The van der Waals surface area contributed by atoms with E-state index >= 15 is 0 Å². The molecule has 0 saturated carbocycles. The van der Waals surface area contributed by atoms with Crippen molar-refractivity contribution in [3.63, 3.8) is 0 Å². The Kier molecular flexibility index (Phi) is 7.13. The lowest BCUT2D eigenvalue weighted by molar-refractivity contribution is -0.161. The first-order valence-corrected chi connectivity index (χ1v) is 7.12. The van der Waals surface area contributed by atoms with Crippen molar-refractivity contribution in [2.24, 2.45) is 0 Å². The van der Waals surface area contributed by atoms with Gasteiger partial charge in [-0.15, -0.1) is 0 Å². The zero-order chi connectivity index (χ0) is 16.8. The fourth-order valence-electron chi connectivity index (χ4n) is 1.57. The first-order valence-electron chi connectivity index (χ1n) is 7.12. The molecular formula is C15H28FNO4. The van der Waals surface area contributed by atoms with Gasteiger partial charge in [0.1, 0.15) is 17.2 Å². The normalized spacial score (nSPS) is 13.5. The number of carbonyl (C=O) groups is 2. The third-order valence-corrected chi connectivity index (χ3v) is 2.44. The molecule has 1 atom stereocenters. The number of amides is 1. The number of carbonyl (C=O) groups excluding carboxylic acids is 2. The summed E-state index contributed by atoms with van der Waals surface area (Å²) in [5, 5.41) is 0. The number of likely N-dealkylation sites (N-methyl/N-ethyl adjacent to an activating group) is 1. The molecule has 0 spiro atoms. The lowest BCUT2D eigenvalue weighted by atomic mass is 10.1. The molecule has 0 rings (SSSR count).